The van der Waals surface area contributed by atoms with Crippen LogP contribution in [0, 0.1) is 17.8 Å². The lowest BCUT2D eigenvalue weighted by molar-refractivity contribution is -0.134. The monoisotopic (exact) mass is 1500 g/mol. The van der Waals surface area contributed by atoms with Crippen molar-refractivity contribution in [3.8, 4) is 0 Å². The number of rotatable bonds is 38. The van der Waals surface area contributed by atoms with Crippen LogP contribution in [0.3, 0.4) is 0 Å². The van der Waals surface area contributed by atoms with E-state index in [-0.39, 0.29) is 110 Å². The van der Waals surface area contributed by atoms with Crippen LogP contribution in [0.4, 0.5) is 20.1 Å². The minimum atomic E-state index is -1.27. The summed E-state index contributed by atoms with van der Waals surface area (Å²) >= 11 is 0. The summed E-state index contributed by atoms with van der Waals surface area (Å²) in [6.07, 6.45) is 18.9. The highest BCUT2D eigenvalue weighted by atomic mass is 16.6. The SMILES string of the molecule is C/C=C\C1C(=NC(=O)CCCCCCCNC(=O)OC(C)(C)C)C2(CCC(=O)N(C)CCOCCN(C)C(=O)C3C[C@H](C)CN3C(=O)c3ccc4c(=O)oc(=O)n(C)c4c3)c3cc(NC(=O)CCCCCCCNC(=O)OC(C)(C)C)ccc3C1C(=NC(=O)CCCCCCCNC(=O)OC(C)(C)C)C2/C=C\C. The number of allylic oxidation sites excluding steroid dienone is 4. The van der Waals surface area contributed by atoms with Gasteiger partial charge in [0.1, 0.15) is 22.8 Å². The number of unbranched alkanes of at least 4 members (excludes halogenated alkanes) is 12. The van der Waals surface area contributed by atoms with Crippen LogP contribution in [0.25, 0.3) is 10.9 Å². The molecule has 4 N–H and O–H groups in total. The lowest BCUT2D eigenvalue weighted by Crippen LogP contribution is -2.61. The molecule has 2 aromatic carbocycles. The van der Waals surface area contributed by atoms with E-state index in [9.17, 15) is 52.7 Å². The third kappa shape index (κ3) is 26.8. The smallest absolute Gasteiger partial charge is 0.422 e. The molecular weight excluding hydrogens is 1380 g/mol. The van der Waals surface area contributed by atoms with E-state index in [1.807, 2.05) is 126 Å². The predicted octanol–water partition coefficient (Wildman–Crippen LogP) is 13.0. The molecule has 6 atom stereocenters. The second-order valence-corrected chi connectivity index (χ2v) is 32.0. The lowest BCUT2D eigenvalue weighted by atomic mass is 9.46. The molecular formula is C82H122N10O16. The van der Waals surface area contributed by atoms with Gasteiger partial charge in [0, 0.05) is 132 Å². The van der Waals surface area contributed by atoms with E-state index in [1.54, 1.807) is 19.0 Å². The Bertz CT molecular complexity index is 3850. The van der Waals surface area contributed by atoms with Crippen LogP contribution in [0.5, 0.6) is 0 Å². The van der Waals surface area contributed by atoms with Gasteiger partial charge in [0.25, 0.3) is 5.91 Å². The van der Waals surface area contributed by atoms with E-state index in [1.165, 1.54) is 35.0 Å². The fourth-order valence-electron chi connectivity index (χ4n) is 14.3. The van der Waals surface area contributed by atoms with Gasteiger partial charge in [0.05, 0.1) is 24.1 Å². The van der Waals surface area contributed by atoms with Crippen LogP contribution < -0.4 is 32.6 Å². The Morgan fingerprint density at radius 3 is 1.68 bits per heavy atom. The average Bonchev–Trinajstić information content (AvgIpc) is 0.720. The Kier molecular flexibility index (Phi) is 34.0. The van der Waals surface area contributed by atoms with Crippen molar-refractivity contribution in [3.05, 3.63) is 98.4 Å². The van der Waals surface area contributed by atoms with E-state index in [0.29, 0.717) is 69.0 Å². The van der Waals surface area contributed by atoms with Crippen molar-refractivity contribution in [2.45, 2.75) is 252 Å². The molecule has 3 aliphatic carbocycles. The molecule has 9 amide bonds. The molecule has 0 spiro atoms. The second kappa shape index (κ2) is 41.7. The molecule has 3 aromatic rings. The van der Waals surface area contributed by atoms with E-state index in [0.717, 1.165) is 92.7 Å². The third-order valence-electron chi connectivity index (χ3n) is 19.5. The van der Waals surface area contributed by atoms with E-state index in [2.05, 4.69) is 21.3 Å². The number of nitrogens with one attached hydrogen (secondary N) is 4. The summed E-state index contributed by atoms with van der Waals surface area (Å²) in [6.45, 7) is 24.4. The number of aryl methyl sites for hydroxylation is 1. The number of nitrogens with zero attached hydrogens (tertiary/aromatic N) is 6. The number of carbonyl (C=O) groups excluding carboxylic acids is 9. The number of amides is 9. The summed E-state index contributed by atoms with van der Waals surface area (Å²) in [6, 6.07) is 9.39. The predicted molar refractivity (Wildman–Crippen MR) is 418 cm³/mol. The molecule has 596 valence electrons. The molecule has 1 saturated heterocycles. The molecule has 0 radical (unpaired) electrons. The number of hydrogen-bond donors (Lipinski definition) is 4. The summed E-state index contributed by atoms with van der Waals surface area (Å²) in [5.74, 6) is -4.41. The van der Waals surface area contributed by atoms with Crippen molar-refractivity contribution in [3.63, 3.8) is 0 Å². The maximum absolute atomic E-state index is 14.9. The number of anilines is 1. The first-order valence-electron chi connectivity index (χ1n) is 38.9. The largest absolute Gasteiger partial charge is 0.444 e. The van der Waals surface area contributed by atoms with Gasteiger partial charge in [-0.05, 0) is 175 Å². The summed E-state index contributed by atoms with van der Waals surface area (Å²) in [7, 11) is 4.78. The minimum absolute atomic E-state index is 0.00770. The number of aromatic nitrogens is 1. The number of likely N-dealkylation sites (tertiary alicyclic amines) is 1. The average molecular weight is 1500 g/mol. The van der Waals surface area contributed by atoms with Crippen LogP contribution >= 0.6 is 0 Å². The van der Waals surface area contributed by atoms with Crippen LogP contribution in [-0.4, -0.2) is 174 Å². The molecule has 26 heteroatoms. The van der Waals surface area contributed by atoms with E-state index < -0.39 is 81.6 Å². The lowest BCUT2D eigenvalue weighted by Gasteiger charge is -2.57. The fourth-order valence-corrected chi connectivity index (χ4v) is 14.3. The molecule has 1 aliphatic heterocycles. The number of hydrogen-bond acceptors (Lipinski definition) is 16. The number of benzene rings is 2. The standard InChI is InChI=1S/C82H122N10O16/c1-16-33-60-69-58-41-39-57(86-65(93)35-27-21-18-24-30-44-83-75(100)106-79(4,5)6)53-62(58)82(71(60)88-67(95)37-29-23-20-26-32-46-85-77(102)108-81(10,11)12,61(34-17-2)70(69)87-66(94)36-28-22-19-25-31-45-84-76(101)107-80(7,8)9)43-42-68(96)89(13)47-49-104-50-48-90(14)73(98)64-51-55(3)54-92(64)72(97)56-38-40-59-63(52-56)91(15)78(103)105-74(59)99/h16-17,33-34,38-41,52-53,55,60-61,64,69H,18-32,35-37,42-51,54H2,1-15H3,(H,83,100)(H,84,101)(H,85,102)(H,86,93)/b33-16-,34-17-,87-70?,88-71?/t55-,60?,61?,64?,69?,82?/m0/s1. The summed E-state index contributed by atoms with van der Waals surface area (Å²) in [4.78, 5) is 163. The highest BCUT2D eigenvalue weighted by Crippen LogP contribution is 2.59. The minimum Gasteiger partial charge on any atom is -0.444 e. The van der Waals surface area contributed by atoms with E-state index in [4.69, 9.17) is 33.3 Å². The number of likely N-dealkylation sites (N-methyl/N-ethyl adjacent to an activating group) is 2. The van der Waals surface area contributed by atoms with Gasteiger partial charge in [0.2, 0.25) is 29.5 Å². The van der Waals surface area contributed by atoms with Gasteiger partial charge in [-0.2, -0.15) is 0 Å². The highest BCUT2D eigenvalue weighted by Gasteiger charge is 2.61. The van der Waals surface area contributed by atoms with Crippen molar-refractivity contribution in [2.75, 3.05) is 71.9 Å². The Morgan fingerprint density at radius 1 is 0.630 bits per heavy atom. The van der Waals surface area contributed by atoms with Gasteiger partial charge in [0.15, 0.2) is 0 Å². The molecule has 2 fully saturated rings. The van der Waals surface area contributed by atoms with Crippen LogP contribution in [-0.2, 0) is 55.4 Å². The fraction of sp³-hybridized carbons (Fsp3) is 0.646. The van der Waals surface area contributed by atoms with Gasteiger partial charge in [-0.15, -0.1) is 0 Å². The quantitative estimate of drug-likeness (QED) is 0.0235. The first-order valence-corrected chi connectivity index (χ1v) is 38.9. The van der Waals surface area contributed by atoms with E-state index >= 15 is 0 Å². The molecule has 7 rings (SSSR count). The first kappa shape index (κ1) is 88.1. The molecule has 1 saturated carbocycles. The Balaban J connectivity index is 1.24. The molecule has 5 unspecified atom stereocenters. The van der Waals surface area contributed by atoms with Crippen LogP contribution in [0.2, 0.25) is 0 Å². The Hall–Kier alpha value is -8.81. The summed E-state index contributed by atoms with van der Waals surface area (Å²) in [5.41, 5.74) is -0.162. The van der Waals surface area contributed by atoms with Crippen molar-refractivity contribution < 1.29 is 66.5 Å². The molecule has 4 aliphatic rings. The maximum Gasteiger partial charge on any atom is 0.422 e. The summed E-state index contributed by atoms with van der Waals surface area (Å²) in [5, 5.41) is 11.7. The third-order valence-corrected chi connectivity index (χ3v) is 19.5. The van der Waals surface area contributed by atoms with Crippen molar-refractivity contribution in [2.24, 2.45) is 34.8 Å². The number of alkyl carbamates (subject to hydrolysis) is 3. The zero-order valence-electron chi connectivity index (χ0n) is 66.9. The topological polar surface area (TPSA) is 325 Å². The van der Waals surface area contributed by atoms with Gasteiger partial charge in [-0.3, -0.25) is 33.3 Å². The van der Waals surface area contributed by atoms with Crippen molar-refractivity contribution in [1.29, 1.82) is 0 Å². The molecule has 108 heavy (non-hydrogen) atoms. The molecule has 26 nitrogen and oxygen atoms in total. The first-order chi connectivity index (χ1) is 51.1. The number of ether oxygens (including phenoxy) is 4. The Morgan fingerprint density at radius 2 is 1.14 bits per heavy atom. The van der Waals surface area contributed by atoms with Crippen molar-refractivity contribution >= 4 is 81.7 Å². The number of fused-ring (bicyclic) bond motifs is 3. The van der Waals surface area contributed by atoms with Crippen molar-refractivity contribution in [1.82, 2.24) is 35.2 Å². The summed E-state index contributed by atoms with van der Waals surface area (Å²) < 4.78 is 28.1. The molecule has 1 aromatic heterocycles. The second-order valence-electron chi connectivity index (χ2n) is 32.0. The Labute approximate surface area is 637 Å². The zero-order chi connectivity index (χ0) is 79.5. The van der Waals surface area contributed by atoms with Gasteiger partial charge >= 0.3 is 29.7 Å². The van der Waals surface area contributed by atoms with Crippen LogP contribution in [0.1, 0.15) is 245 Å². The molecule has 2 heterocycles. The highest BCUT2D eigenvalue weighted by molar-refractivity contribution is 6.20. The molecule has 2 bridgehead atoms. The number of aliphatic imine (C=N–C) groups is 2. The zero-order valence-corrected chi connectivity index (χ0v) is 66.9. The number of carbonyl (C=O) groups is 9. The normalized spacial score (nSPS) is 19.2. The van der Waals surface area contributed by atoms with Crippen LogP contribution in [0.15, 0.2) is 84.7 Å². The van der Waals surface area contributed by atoms with Gasteiger partial charge < -0.3 is 59.3 Å². The van der Waals surface area contributed by atoms with Gasteiger partial charge in [-0.1, -0.05) is 95.1 Å². The maximum atomic E-state index is 14.9. The van der Waals surface area contributed by atoms with Gasteiger partial charge in [-0.25, -0.2) is 34.0 Å².